The molecule has 0 amide bonds. The Labute approximate surface area is 114 Å². The third kappa shape index (κ3) is 4.03. The number of hydrogen-bond donors (Lipinski definition) is 0. The Balaban J connectivity index is 1.90. The van der Waals surface area contributed by atoms with E-state index in [1.54, 1.807) is 6.20 Å². The molecule has 0 saturated carbocycles. The number of aromatic nitrogens is 1. The summed E-state index contributed by atoms with van der Waals surface area (Å²) in [4.78, 5) is 18.3. The van der Waals surface area contributed by atoms with E-state index in [9.17, 15) is 4.79 Å². The molecule has 19 heavy (non-hydrogen) atoms. The van der Waals surface area contributed by atoms with E-state index in [-0.39, 0.29) is 12.0 Å². The molecule has 4 heteroatoms. The molecule has 4 nitrogen and oxygen atoms in total. The predicted molar refractivity (Wildman–Crippen MR) is 73.8 cm³/mol. The van der Waals surface area contributed by atoms with Crippen LogP contribution in [-0.2, 0) is 16.0 Å². The highest BCUT2D eigenvalue weighted by Crippen LogP contribution is 2.18. The second-order valence-electron chi connectivity index (χ2n) is 4.91. The molecular formula is C15H22N2O2. The van der Waals surface area contributed by atoms with Gasteiger partial charge in [0.25, 0.3) is 0 Å². The Hall–Kier alpha value is -1.42. The third-order valence-corrected chi connectivity index (χ3v) is 3.58. The van der Waals surface area contributed by atoms with Gasteiger partial charge < -0.3 is 4.74 Å². The van der Waals surface area contributed by atoms with Gasteiger partial charge in [0.2, 0.25) is 0 Å². The first-order valence-corrected chi connectivity index (χ1v) is 7.11. The fraction of sp³-hybridized carbons (Fsp3) is 0.600. The maximum absolute atomic E-state index is 11.9. The summed E-state index contributed by atoms with van der Waals surface area (Å²) in [5.41, 5.74) is 1.22. The number of esters is 1. The standard InChI is InChI=1S/C15H22N2O2/c1-2-19-15(18)14-7-3-4-10-17(14)11-8-13-6-5-9-16-12-13/h5-6,9,12,14H,2-4,7-8,10-11H2,1H3. The molecule has 1 aromatic rings. The number of piperidine rings is 1. The van der Waals surface area contributed by atoms with Crippen LogP contribution in [0.25, 0.3) is 0 Å². The van der Waals surface area contributed by atoms with Crippen molar-refractivity contribution in [2.24, 2.45) is 0 Å². The van der Waals surface area contributed by atoms with E-state index in [0.717, 1.165) is 32.4 Å². The fourth-order valence-corrected chi connectivity index (χ4v) is 2.58. The smallest absolute Gasteiger partial charge is 0.323 e. The van der Waals surface area contributed by atoms with Crippen LogP contribution in [0.3, 0.4) is 0 Å². The van der Waals surface area contributed by atoms with Gasteiger partial charge in [-0.3, -0.25) is 14.7 Å². The monoisotopic (exact) mass is 262 g/mol. The summed E-state index contributed by atoms with van der Waals surface area (Å²) in [7, 11) is 0. The highest BCUT2D eigenvalue weighted by molar-refractivity contribution is 5.75. The average molecular weight is 262 g/mol. The van der Waals surface area contributed by atoms with E-state index in [0.29, 0.717) is 6.61 Å². The second kappa shape index (κ2) is 7.24. The van der Waals surface area contributed by atoms with Crippen molar-refractivity contribution in [1.29, 1.82) is 0 Å². The molecule has 1 aromatic heterocycles. The van der Waals surface area contributed by atoms with Crippen LogP contribution in [-0.4, -0.2) is 41.6 Å². The summed E-state index contributed by atoms with van der Waals surface area (Å²) < 4.78 is 5.17. The van der Waals surface area contributed by atoms with Crippen molar-refractivity contribution in [1.82, 2.24) is 9.88 Å². The first-order chi connectivity index (χ1) is 9.31. The van der Waals surface area contributed by atoms with Crippen LogP contribution in [0.15, 0.2) is 24.5 Å². The summed E-state index contributed by atoms with van der Waals surface area (Å²) in [5, 5.41) is 0. The third-order valence-electron chi connectivity index (χ3n) is 3.58. The van der Waals surface area contributed by atoms with Gasteiger partial charge in [-0.05, 0) is 44.4 Å². The van der Waals surface area contributed by atoms with E-state index in [1.165, 1.54) is 12.0 Å². The van der Waals surface area contributed by atoms with Crippen molar-refractivity contribution in [3.8, 4) is 0 Å². The van der Waals surface area contributed by atoms with E-state index in [4.69, 9.17) is 4.74 Å². The lowest BCUT2D eigenvalue weighted by atomic mass is 10.0. The molecule has 0 aromatic carbocycles. The molecular weight excluding hydrogens is 240 g/mol. The van der Waals surface area contributed by atoms with Gasteiger partial charge in [0.05, 0.1) is 6.61 Å². The minimum absolute atomic E-state index is 0.0506. The maximum atomic E-state index is 11.9. The quantitative estimate of drug-likeness (QED) is 0.762. The molecule has 1 saturated heterocycles. The van der Waals surface area contributed by atoms with Gasteiger partial charge in [0.1, 0.15) is 6.04 Å². The Morgan fingerprint density at radius 1 is 1.53 bits per heavy atom. The molecule has 1 unspecified atom stereocenters. The van der Waals surface area contributed by atoms with Crippen LogP contribution < -0.4 is 0 Å². The molecule has 0 N–H and O–H groups in total. The lowest BCUT2D eigenvalue weighted by molar-refractivity contribution is -0.150. The van der Waals surface area contributed by atoms with Crippen LogP contribution >= 0.6 is 0 Å². The first kappa shape index (κ1) is 14.0. The SMILES string of the molecule is CCOC(=O)C1CCCCN1CCc1cccnc1. The Morgan fingerprint density at radius 2 is 2.42 bits per heavy atom. The number of carbonyl (C=O) groups excluding carboxylic acids is 1. The van der Waals surface area contributed by atoms with Gasteiger partial charge in [-0.1, -0.05) is 12.5 Å². The second-order valence-corrected chi connectivity index (χ2v) is 4.91. The summed E-state index contributed by atoms with van der Waals surface area (Å²) in [6.07, 6.45) is 7.82. The van der Waals surface area contributed by atoms with Crippen molar-refractivity contribution < 1.29 is 9.53 Å². The minimum Gasteiger partial charge on any atom is -0.465 e. The molecule has 2 heterocycles. The zero-order valence-corrected chi connectivity index (χ0v) is 11.5. The van der Waals surface area contributed by atoms with Crippen molar-refractivity contribution in [2.45, 2.75) is 38.6 Å². The van der Waals surface area contributed by atoms with E-state index >= 15 is 0 Å². The molecule has 0 radical (unpaired) electrons. The molecule has 104 valence electrons. The highest BCUT2D eigenvalue weighted by Gasteiger charge is 2.29. The minimum atomic E-state index is -0.0617. The van der Waals surface area contributed by atoms with Crippen LogP contribution in [0.2, 0.25) is 0 Å². The summed E-state index contributed by atoms with van der Waals surface area (Å²) >= 11 is 0. The Bertz CT molecular complexity index is 394. The summed E-state index contributed by atoms with van der Waals surface area (Å²) in [6, 6.07) is 3.98. The normalized spacial score (nSPS) is 20.2. The van der Waals surface area contributed by atoms with Gasteiger partial charge in [-0.15, -0.1) is 0 Å². The number of likely N-dealkylation sites (tertiary alicyclic amines) is 1. The van der Waals surface area contributed by atoms with Crippen LogP contribution in [0.4, 0.5) is 0 Å². The maximum Gasteiger partial charge on any atom is 0.323 e. The van der Waals surface area contributed by atoms with Crippen molar-refractivity contribution in [2.75, 3.05) is 19.7 Å². The molecule has 0 bridgehead atoms. The van der Waals surface area contributed by atoms with E-state index in [2.05, 4.69) is 16.0 Å². The summed E-state index contributed by atoms with van der Waals surface area (Å²) in [6.45, 7) is 4.21. The number of rotatable bonds is 5. The fourth-order valence-electron chi connectivity index (χ4n) is 2.58. The number of carbonyl (C=O) groups is 1. The molecule has 0 spiro atoms. The summed E-state index contributed by atoms with van der Waals surface area (Å²) in [5.74, 6) is -0.0617. The topological polar surface area (TPSA) is 42.4 Å². The van der Waals surface area contributed by atoms with Crippen LogP contribution in [0.1, 0.15) is 31.7 Å². The molecule has 1 atom stereocenters. The highest BCUT2D eigenvalue weighted by atomic mass is 16.5. The van der Waals surface area contributed by atoms with E-state index < -0.39 is 0 Å². The van der Waals surface area contributed by atoms with Gasteiger partial charge in [0.15, 0.2) is 0 Å². The zero-order chi connectivity index (χ0) is 13.5. The Kier molecular flexibility index (Phi) is 5.33. The number of pyridine rings is 1. The van der Waals surface area contributed by atoms with Crippen LogP contribution in [0.5, 0.6) is 0 Å². The lowest BCUT2D eigenvalue weighted by Crippen LogP contribution is -2.46. The number of hydrogen-bond acceptors (Lipinski definition) is 4. The van der Waals surface area contributed by atoms with Gasteiger partial charge >= 0.3 is 5.97 Å². The molecule has 0 aliphatic carbocycles. The van der Waals surface area contributed by atoms with Gasteiger partial charge in [0, 0.05) is 18.9 Å². The van der Waals surface area contributed by atoms with Crippen molar-refractivity contribution in [3.05, 3.63) is 30.1 Å². The molecule has 1 aliphatic heterocycles. The van der Waals surface area contributed by atoms with Crippen molar-refractivity contribution >= 4 is 5.97 Å². The molecule has 2 rings (SSSR count). The number of ether oxygens (including phenoxy) is 1. The Morgan fingerprint density at radius 3 is 3.16 bits per heavy atom. The first-order valence-electron chi connectivity index (χ1n) is 7.11. The zero-order valence-electron chi connectivity index (χ0n) is 11.5. The molecule has 1 aliphatic rings. The van der Waals surface area contributed by atoms with E-state index in [1.807, 2.05) is 19.2 Å². The van der Waals surface area contributed by atoms with Gasteiger partial charge in [-0.25, -0.2) is 0 Å². The lowest BCUT2D eigenvalue weighted by Gasteiger charge is -2.33. The largest absolute Gasteiger partial charge is 0.465 e. The van der Waals surface area contributed by atoms with Gasteiger partial charge in [-0.2, -0.15) is 0 Å². The molecule has 1 fully saturated rings. The number of nitrogens with zero attached hydrogens (tertiary/aromatic N) is 2. The predicted octanol–water partition coefficient (Wildman–Crippen LogP) is 2.04. The average Bonchev–Trinajstić information content (AvgIpc) is 2.47. The van der Waals surface area contributed by atoms with Crippen LogP contribution in [0, 0.1) is 0 Å². The van der Waals surface area contributed by atoms with Crippen molar-refractivity contribution in [3.63, 3.8) is 0 Å².